The average Bonchev–Trinajstić information content (AvgIpc) is 2.90. The molecule has 1 aliphatic heterocycles. The molecule has 0 spiro atoms. The lowest BCUT2D eigenvalue weighted by Gasteiger charge is -2.37. The number of sulfonamides is 1. The normalized spacial score (nSPS) is 22.1. The Kier molecular flexibility index (Phi) is 5.14. The third kappa shape index (κ3) is 3.26. The summed E-state index contributed by atoms with van der Waals surface area (Å²) >= 11 is 0. The molecule has 0 amide bonds. The Morgan fingerprint density at radius 2 is 1.92 bits per heavy atom. The summed E-state index contributed by atoms with van der Waals surface area (Å²) in [4.78, 5) is 0. The lowest BCUT2D eigenvalue weighted by Crippen LogP contribution is -2.47. The Hall–Kier alpha value is -1.84. The number of nitrogens with zero attached hydrogens (tertiary/aromatic N) is 3. The maximum absolute atomic E-state index is 13.5. The Morgan fingerprint density at radius 1 is 1.27 bits per heavy atom. The van der Waals surface area contributed by atoms with Crippen LogP contribution < -0.4 is 0 Å². The van der Waals surface area contributed by atoms with Crippen LogP contribution in [0, 0.1) is 6.92 Å². The number of halogens is 2. The zero-order valence-electron chi connectivity index (χ0n) is 14.8. The molecule has 6 nitrogen and oxygen atoms in total. The average molecular weight is 385 g/mol. The molecule has 0 radical (unpaired) electrons. The molecular weight excluding hydrogens is 364 g/mol. The summed E-state index contributed by atoms with van der Waals surface area (Å²) in [6.07, 6.45) is -3.27. The van der Waals surface area contributed by atoms with Crippen LogP contribution in [-0.4, -0.2) is 41.8 Å². The van der Waals surface area contributed by atoms with Crippen molar-refractivity contribution in [1.82, 2.24) is 14.1 Å². The number of alkyl halides is 2. The molecule has 2 heterocycles. The van der Waals surface area contributed by atoms with Crippen LogP contribution in [0.3, 0.4) is 0 Å². The third-order valence-electron chi connectivity index (χ3n) is 4.49. The van der Waals surface area contributed by atoms with Crippen LogP contribution in [0.5, 0.6) is 0 Å². The molecule has 142 valence electrons. The van der Waals surface area contributed by atoms with Gasteiger partial charge in [-0.25, -0.2) is 17.2 Å². The highest BCUT2D eigenvalue weighted by atomic mass is 32.2. The number of benzene rings is 1. The maximum atomic E-state index is 13.5. The van der Waals surface area contributed by atoms with Gasteiger partial charge in [0.05, 0.1) is 30.0 Å². The van der Waals surface area contributed by atoms with Crippen molar-refractivity contribution in [2.75, 3.05) is 13.2 Å². The van der Waals surface area contributed by atoms with Gasteiger partial charge in [-0.3, -0.25) is 4.68 Å². The minimum Gasteiger partial charge on any atom is -0.375 e. The fourth-order valence-corrected chi connectivity index (χ4v) is 5.33. The molecule has 9 heteroatoms. The molecule has 0 aliphatic carbocycles. The summed E-state index contributed by atoms with van der Waals surface area (Å²) in [5.41, 5.74) is 0.220. The molecule has 0 N–H and O–H groups in total. The van der Waals surface area contributed by atoms with Crippen molar-refractivity contribution in [2.24, 2.45) is 7.05 Å². The number of ether oxygens (including phenoxy) is 1. The first-order chi connectivity index (χ1) is 12.2. The summed E-state index contributed by atoms with van der Waals surface area (Å²) in [6, 6.07) is 8.45. The smallest absolute Gasteiger partial charge is 0.268 e. The Bertz CT molecular complexity index is 884. The van der Waals surface area contributed by atoms with Crippen LogP contribution in [0.1, 0.15) is 36.2 Å². The molecule has 2 atom stereocenters. The molecule has 1 aromatic carbocycles. The van der Waals surface area contributed by atoms with Gasteiger partial charge in [-0.05, 0) is 19.4 Å². The van der Waals surface area contributed by atoms with E-state index in [-0.39, 0.29) is 24.9 Å². The van der Waals surface area contributed by atoms with Crippen LogP contribution in [-0.2, 0) is 21.8 Å². The van der Waals surface area contributed by atoms with E-state index < -0.39 is 33.1 Å². The number of rotatable bonds is 4. The zero-order valence-corrected chi connectivity index (χ0v) is 15.6. The van der Waals surface area contributed by atoms with Crippen LogP contribution >= 0.6 is 0 Å². The van der Waals surface area contributed by atoms with E-state index >= 15 is 0 Å². The molecule has 2 aromatic rings. The molecule has 0 saturated carbocycles. The SMILES string of the molecule is Cc1nn(C)c(S(=O)(=O)N2CC(C)OCC2c2ccccc2)c1C(F)F. The zero-order chi connectivity index (χ0) is 19.1. The van der Waals surface area contributed by atoms with E-state index in [1.165, 1.54) is 18.3 Å². The van der Waals surface area contributed by atoms with E-state index in [2.05, 4.69) is 5.10 Å². The fraction of sp³-hybridized carbons (Fsp3) is 0.471. The standard InChI is InChI=1S/C17H21F2N3O3S/c1-11-9-22(14(10-25-11)13-7-5-4-6-8-13)26(23,24)17-15(16(18)19)12(2)20-21(17)3/h4-8,11,14,16H,9-10H2,1-3H3. The van der Waals surface area contributed by atoms with Crippen LogP contribution in [0.2, 0.25) is 0 Å². The summed E-state index contributed by atoms with van der Waals surface area (Å²) in [5, 5.41) is 3.45. The monoisotopic (exact) mass is 385 g/mol. The first-order valence-electron chi connectivity index (χ1n) is 8.23. The van der Waals surface area contributed by atoms with E-state index in [0.29, 0.717) is 0 Å². The lowest BCUT2D eigenvalue weighted by molar-refractivity contribution is -0.0233. The predicted octanol–water partition coefficient (Wildman–Crippen LogP) is 2.82. The fourth-order valence-electron chi connectivity index (χ4n) is 3.30. The van der Waals surface area contributed by atoms with Crippen LogP contribution in [0.4, 0.5) is 8.78 Å². The maximum Gasteiger partial charge on any atom is 0.268 e. The second-order valence-electron chi connectivity index (χ2n) is 6.37. The van der Waals surface area contributed by atoms with Gasteiger partial charge in [-0.1, -0.05) is 30.3 Å². The number of hydrogen-bond donors (Lipinski definition) is 0. The van der Waals surface area contributed by atoms with Gasteiger partial charge >= 0.3 is 0 Å². The number of hydrogen-bond acceptors (Lipinski definition) is 4. The third-order valence-corrected chi connectivity index (χ3v) is 6.49. The van der Waals surface area contributed by atoms with Crippen LogP contribution in [0.25, 0.3) is 0 Å². The van der Waals surface area contributed by atoms with E-state index in [9.17, 15) is 17.2 Å². The van der Waals surface area contributed by atoms with Crippen molar-refractivity contribution >= 4 is 10.0 Å². The second-order valence-corrected chi connectivity index (χ2v) is 8.18. The van der Waals surface area contributed by atoms with Gasteiger partial charge in [0.25, 0.3) is 16.4 Å². The van der Waals surface area contributed by atoms with Gasteiger partial charge in [0, 0.05) is 13.6 Å². The summed E-state index contributed by atoms with van der Waals surface area (Å²) in [7, 11) is -2.84. The quantitative estimate of drug-likeness (QED) is 0.812. The largest absolute Gasteiger partial charge is 0.375 e. The Balaban J connectivity index is 2.12. The first kappa shape index (κ1) is 18.9. The highest BCUT2D eigenvalue weighted by Crippen LogP contribution is 2.36. The van der Waals surface area contributed by atoms with Gasteiger partial charge in [0.2, 0.25) is 0 Å². The highest BCUT2D eigenvalue weighted by Gasteiger charge is 2.41. The van der Waals surface area contributed by atoms with Crippen molar-refractivity contribution in [3.05, 3.63) is 47.2 Å². The van der Waals surface area contributed by atoms with E-state index in [1.54, 1.807) is 31.2 Å². The number of morpholine rings is 1. The number of aromatic nitrogens is 2. The predicted molar refractivity (Wildman–Crippen MR) is 91.4 cm³/mol. The van der Waals surface area contributed by atoms with Crippen molar-refractivity contribution in [1.29, 1.82) is 0 Å². The summed E-state index contributed by atoms with van der Waals surface area (Å²) in [5.74, 6) is 0. The molecule has 0 bridgehead atoms. The Morgan fingerprint density at radius 3 is 2.54 bits per heavy atom. The minimum absolute atomic E-state index is 0.0126. The van der Waals surface area contributed by atoms with Crippen molar-refractivity contribution in [2.45, 2.75) is 37.4 Å². The minimum atomic E-state index is -4.20. The van der Waals surface area contributed by atoms with Gasteiger partial charge in [0.15, 0.2) is 5.03 Å². The van der Waals surface area contributed by atoms with E-state index in [4.69, 9.17) is 4.74 Å². The summed E-state index contributed by atoms with van der Waals surface area (Å²) in [6.45, 7) is 3.38. The van der Waals surface area contributed by atoms with Crippen molar-refractivity contribution < 1.29 is 21.9 Å². The lowest BCUT2D eigenvalue weighted by atomic mass is 10.1. The molecule has 3 rings (SSSR count). The second kappa shape index (κ2) is 7.05. The van der Waals surface area contributed by atoms with Gasteiger partial charge in [-0.2, -0.15) is 9.40 Å². The Labute approximate surface area is 151 Å². The molecular formula is C17H21F2N3O3S. The molecule has 1 aliphatic rings. The van der Waals surface area contributed by atoms with E-state index in [1.807, 2.05) is 6.07 Å². The molecule has 1 saturated heterocycles. The topological polar surface area (TPSA) is 64.4 Å². The molecule has 2 unspecified atom stereocenters. The molecule has 1 aromatic heterocycles. The van der Waals surface area contributed by atoms with Crippen LogP contribution in [0.15, 0.2) is 35.4 Å². The first-order valence-corrected chi connectivity index (χ1v) is 9.67. The van der Waals surface area contributed by atoms with Gasteiger partial charge in [-0.15, -0.1) is 0 Å². The number of aryl methyl sites for hydroxylation is 2. The molecule has 26 heavy (non-hydrogen) atoms. The van der Waals surface area contributed by atoms with Gasteiger partial charge < -0.3 is 4.74 Å². The van der Waals surface area contributed by atoms with Gasteiger partial charge in [0.1, 0.15) is 0 Å². The summed E-state index contributed by atoms with van der Waals surface area (Å²) < 4.78 is 61.7. The highest BCUT2D eigenvalue weighted by molar-refractivity contribution is 7.89. The van der Waals surface area contributed by atoms with E-state index in [0.717, 1.165) is 10.2 Å². The molecule has 1 fully saturated rings. The van der Waals surface area contributed by atoms with Crippen molar-refractivity contribution in [3.8, 4) is 0 Å². The van der Waals surface area contributed by atoms with Crippen molar-refractivity contribution in [3.63, 3.8) is 0 Å².